The van der Waals surface area contributed by atoms with Crippen molar-refractivity contribution >= 4 is 351 Å². The number of anilines is 3. The Morgan fingerprint density at radius 1 is 0.326 bits per heavy atom. The molecule has 0 radical (unpaired) electrons. The Labute approximate surface area is 599 Å². The van der Waals surface area contributed by atoms with Gasteiger partial charge in [0.05, 0.1) is 17.1 Å². The largest absolute Gasteiger partial charge is 0.456 e. The summed E-state index contributed by atoms with van der Waals surface area (Å²) in [4.78, 5) is 2.55. The van der Waals surface area contributed by atoms with Crippen LogP contribution in [0, 0.1) is 0 Å². The summed E-state index contributed by atoms with van der Waals surface area (Å²) >= 11 is 0. The topological polar surface area (TPSA) is 16.4 Å². The Kier molecular flexibility index (Phi) is 35.9. The fourth-order valence-corrected chi connectivity index (χ4v) is 544. The fourth-order valence-electron chi connectivity index (χ4n) is 11.2. The van der Waals surface area contributed by atoms with E-state index in [1.165, 1.54) is 55.9 Å². The highest BCUT2D eigenvalue weighted by molar-refractivity contribution is 9.48. The molecule has 0 spiro atoms. The van der Waals surface area contributed by atoms with E-state index in [2.05, 4.69) is 357 Å². The molecule has 0 bridgehead atoms. The van der Waals surface area contributed by atoms with E-state index in [9.17, 15) is 0 Å². The Balaban J connectivity index is 0.000000220. The van der Waals surface area contributed by atoms with Crippen LogP contribution in [-0.2, 0) is 10.8 Å². The number of benzene rings is 7. The van der Waals surface area contributed by atoms with E-state index in [0.717, 1.165) is 46.7 Å². The van der Waals surface area contributed by atoms with Gasteiger partial charge in [0.25, 0.3) is 0 Å². The number of hydrogen-bond donors (Lipinski definition) is 0. The molecule has 41 heteroatoms. The zero-order chi connectivity index (χ0) is 64.9. The van der Waals surface area contributed by atoms with E-state index in [1.54, 1.807) is 0 Å². The summed E-state index contributed by atoms with van der Waals surface area (Å²) in [6.07, 6.45) is 0. The zero-order valence-corrected chi connectivity index (χ0v) is 89.1. The SMILES string of the molecule is CC1(C)c2ccccc2-c2c(N(c3ccccc3-c3ccc4c(c3)oc3ccccc34)c3cccc4c3-c3ccccc3C4(C)C)cccc21.PPP(P)P(P(P)P)P(P(P(P(P)P)P(P)P)P(P(P)P)P(P)P)P(P(P(P)P)P(P)P)P(P(P)P)P(P)P. The molecule has 2 nitrogen and oxygen atoms in total. The van der Waals surface area contributed by atoms with Crippen molar-refractivity contribution in [3.8, 4) is 33.4 Å². The lowest BCUT2D eigenvalue weighted by atomic mass is 9.82. The van der Waals surface area contributed by atoms with Crippen LogP contribution in [0.5, 0.6) is 0 Å². The summed E-state index contributed by atoms with van der Waals surface area (Å²) in [6, 6.07) is 55.6. The van der Waals surface area contributed by atoms with Crippen molar-refractivity contribution < 1.29 is 4.42 Å². The van der Waals surface area contributed by atoms with Crippen LogP contribution in [0.4, 0.5) is 17.1 Å². The molecular weight excluding hydrogens is 1810 g/mol. The van der Waals surface area contributed by atoms with Gasteiger partial charge >= 0.3 is 0 Å². The number of furan rings is 1. The highest BCUT2D eigenvalue weighted by Gasteiger charge is 2.55. The first-order valence-electron chi connectivity index (χ1n) is 26.4. The van der Waals surface area contributed by atoms with Gasteiger partial charge in [0.2, 0.25) is 0 Å². The zero-order valence-electron chi connectivity index (χ0n) is 48.9. The molecule has 0 aliphatic heterocycles. The van der Waals surface area contributed by atoms with E-state index in [-0.39, 0.29) is 137 Å². The molecule has 1 aromatic heterocycles. The third-order valence-electron chi connectivity index (χ3n) is 14.8. The van der Waals surface area contributed by atoms with Crippen LogP contribution in [-0.4, -0.2) is 0 Å². The van der Waals surface area contributed by atoms with Gasteiger partial charge in [0, 0.05) is 38.3 Å². The first-order valence-corrected chi connectivity index (χ1v) is 97.0. The normalized spacial score (nSPS) is 15.3. The summed E-state index contributed by atoms with van der Waals surface area (Å²) in [5.41, 5.74) is 18.0. The van der Waals surface area contributed by atoms with Crippen molar-refractivity contribution in [2.24, 2.45) is 0 Å². The minimum atomic E-state index is -0.118. The van der Waals surface area contributed by atoms with Gasteiger partial charge < -0.3 is 9.32 Å². The molecule has 23 atom stereocenters. The number of fused-ring (bicyclic) bond motifs is 9. The van der Waals surface area contributed by atoms with Crippen molar-refractivity contribution in [3.63, 3.8) is 0 Å². The predicted molar refractivity (Wildman–Crippen MR) is 536 cm³/mol. The molecule has 2 aliphatic rings. The van der Waals surface area contributed by atoms with Crippen molar-refractivity contribution in [1.29, 1.82) is 0 Å². The van der Waals surface area contributed by atoms with Crippen LogP contribution in [0.25, 0.3) is 55.3 Å². The standard InChI is InChI=1S/C48H37NO.H41P39/c1-47(2)36-19-9-5-17-34(36)45-38(47)21-13-24-41(45)49(42-25-14-22-39-46(42)35-18-6-10-20-37(35)48(39,3)4)40-23-11-7-15-31(40)30-27-28-33-32-16-8-12-26-43(32)50-44(33)29-30;1-21-31(20)36(30(18)19)39(37(32(22(2)3)23(4)5)33(24(6)7)25(8)9)38(34(26(10)11)27(12)13)35(28(14)15)29(16)17/h5-29H,1-4H3;21H,1-20H2. The molecule has 23 unspecified atom stereocenters. The van der Waals surface area contributed by atoms with Crippen LogP contribution < -0.4 is 4.90 Å². The van der Waals surface area contributed by atoms with E-state index in [0.29, 0.717) is 0 Å². The van der Waals surface area contributed by atoms with E-state index < -0.39 is 0 Å². The number of para-hydroxylation sites is 2. The van der Waals surface area contributed by atoms with Crippen LogP contribution >= 0.6 is 312 Å². The average molecular weight is 1890 g/mol. The summed E-state index contributed by atoms with van der Waals surface area (Å²) in [6.45, 7) is 8.14. The number of hydrogen-bond acceptors (Lipinski definition) is 2. The molecular formula is C48H78NOP39. The third-order valence-corrected chi connectivity index (χ3v) is 279. The minimum absolute atomic E-state index is 0.0190. The smallest absolute Gasteiger partial charge is 0.136 e. The van der Waals surface area contributed by atoms with Crippen LogP contribution in [0.1, 0.15) is 49.9 Å². The monoisotopic (exact) mass is 1890 g/mol. The Morgan fingerprint density at radius 2 is 0.663 bits per heavy atom. The van der Waals surface area contributed by atoms with Crippen LogP contribution in [0.2, 0.25) is 0 Å². The van der Waals surface area contributed by atoms with Crippen LogP contribution in [0.3, 0.4) is 0 Å². The maximum absolute atomic E-state index is 6.42. The lowest BCUT2D eigenvalue weighted by Gasteiger charge is -2.55. The predicted octanol–water partition coefficient (Wildman–Crippen LogP) is 35.9. The van der Waals surface area contributed by atoms with Gasteiger partial charge in [0.1, 0.15) is 11.2 Å². The minimum Gasteiger partial charge on any atom is -0.456 e. The molecule has 0 fully saturated rings. The molecule has 7 aromatic carbocycles. The van der Waals surface area contributed by atoms with Gasteiger partial charge in [-0.05, 0) is 201 Å². The Hall–Kier alpha value is 10.9. The van der Waals surface area contributed by atoms with E-state index in [4.69, 9.17) is 4.42 Å². The molecule has 0 amide bonds. The number of nitrogens with zero attached hydrogens (tertiary/aromatic N) is 1. The van der Waals surface area contributed by atoms with E-state index in [1.807, 2.05) is 6.07 Å². The molecule has 2 aliphatic carbocycles. The molecule has 0 saturated heterocycles. The van der Waals surface area contributed by atoms with Gasteiger partial charge in [-0.25, -0.2) is 0 Å². The molecule has 89 heavy (non-hydrogen) atoms. The molecule has 0 saturated carbocycles. The first-order chi connectivity index (χ1) is 42.1. The van der Waals surface area contributed by atoms with Crippen molar-refractivity contribution in [2.75, 3.05) is 4.90 Å². The van der Waals surface area contributed by atoms with Crippen molar-refractivity contribution in [1.82, 2.24) is 0 Å². The molecule has 476 valence electrons. The van der Waals surface area contributed by atoms with Crippen molar-refractivity contribution in [3.05, 3.63) is 174 Å². The number of rotatable bonds is 22. The first kappa shape index (κ1) is 83.9. The highest BCUT2D eigenvalue weighted by atomic mass is 33.5. The van der Waals surface area contributed by atoms with Crippen molar-refractivity contribution in [2.45, 2.75) is 38.5 Å². The van der Waals surface area contributed by atoms with Gasteiger partial charge in [-0.3, -0.25) is 0 Å². The maximum atomic E-state index is 6.42. The molecule has 1 heterocycles. The highest BCUT2D eigenvalue weighted by Crippen LogP contribution is 3.42. The Morgan fingerprint density at radius 3 is 1.08 bits per heavy atom. The summed E-state index contributed by atoms with van der Waals surface area (Å²) in [7, 11) is 68.7. The third kappa shape index (κ3) is 18.9. The second-order valence-corrected chi connectivity index (χ2v) is 178. The van der Waals surface area contributed by atoms with Gasteiger partial charge in [0.15, 0.2) is 0 Å². The fraction of sp³-hybridized carbons (Fsp3) is 0.125. The van der Waals surface area contributed by atoms with Gasteiger partial charge in [-0.15, -0.1) is 179 Å². The molecule has 8 aromatic rings. The van der Waals surface area contributed by atoms with Crippen LogP contribution in [0.15, 0.2) is 156 Å². The van der Waals surface area contributed by atoms with Gasteiger partial charge in [-0.2, -0.15) is 0 Å². The Bertz CT molecular complexity index is 3530. The molecule has 10 rings (SSSR count). The molecule has 0 N–H and O–H groups in total. The summed E-state index contributed by atoms with van der Waals surface area (Å²) in [5.74, 6) is 0. The van der Waals surface area contributed by atoms with Gasteiger partial charge in [-0.1, -0.05) is 151 Å². The van der Waals surface area contributed by atoms with E-state index >= 15 is 0 Å². The summed E-state index contributed by atoms with van der Waals surface area (Å²) in [5, 5.41) is 2.28. The lowest BCUT2D eigenvalue weighted by molar-refractivity contribution is 0.660. The maximum Gasteiger partial charge on any atom is 0.136 e. The second kappa shape index (κ2) is 38.0. The second-order valence-electron chi connectivity index (χ2n) is 20.9. The quantitative estimate of drug-likeness (QED) is 0.0629. The summed E-state index contributed by atoms with van der Waals surface area (Å²) < 4.78 is 6.42. The lowest BCUT2D eigenvalue weighted by Crippen LogP contribution is -2.17. The average Bonchev–Trinajstić information content (AvgIpc) is 1.73.